The number of carbonyl (C=O) groups is 2. The minimum atomic E-state index is -1.25. The number of hydrogen-bond donors (Lipinski definition) is 3. The number of rotatable bonds is 5. The van der Waals surface area contributed by atoms with Gasteiger partial charge in [0.15, 0.2) is 11.4 Å². The van der Waals surface area contributed by atoms with Crippen molar-refractivity contribution in [1.82, 2.24) is 4.57 Å². The van der Waals surface area contributed by atoms with Gasteiger partial charge in [0, 0.05) is 19.3 Å². The van der Waals surface area contributed by atoms with E-state index in [2.05, 4.69) is 0 Å². The molecule has 0 saturated carbocycles. The van der Waals surface area contributed by atoms with Gasteiger partial charge in [0.2, 0.25) is 0 Å². The van der Waals surface area contributed by atoms with Crippen LogP contribution in [0.25, 0.3) is 0 Å². The molecule has 7 nitrogen and oxygen atoms in total. The van der Waals surface area contributed by atoms with Gasteiger partial charge in [-0.2, -0.15) is 0 Å². The lowest BCUT2D eigenvalue weighted by molar-refractivity contribution is 0.0680. The van der Waals surface area contributed by atoms with Gasteiger partial charge in [0.1, 0.15) is 5.56 Å². The average molecular weight is 228 g/mol. The molecule has 0 atom stereocenters. The highest BCUT2D eigenvalue weighted by molar-refractivity contribution is 5.98. The normalized spacial score (nSPS) is 10.1. The summed E-state index contributed by atoms with van der Waals surface area (Å²) in [6.45, 7) is 0.419. The largest absolute Gasteiger partial charge is 0.493 e. The third-order valence-electron chi connectivity index (χ3n) is 2.04. The maximum Gasteiger partial charge on any atom is 0.356 e. The van der Waals surface area contributed by atoms with Gasteiger partial charge in [0.05, 0.1) is 7.11 Å². The van der Waals surface area contributed by atoms with Crippen LogP contribution in [-0.2, 0) is 6.54 Å². The van der Waals surface area contributed by atoms with E-state index < -0.39 is 11.9 Å². The monoisotopic (exact) mass is 228 g/mol. The van der Waals surface area contributed by atoms with E-state index in [4.69, 9.17) is 20.7 Å². The summed E-state index contributed by atoms with van der Waals surface area (Å²) in [4.78, 5) is 21.8. The zero-order chi connectivity index (χ0) is 12.3. The van der Waals surface area contributed by atoms with Crippen LogP contribution in [-0.4, -0.2) is 40.4 Å². The van der Waals surface area contributed by atoms with E-state index in [1.807, 2.05) is 0 Å². The number of carboxylic acids is 2. The Morgan fingerprint density at radius 3 is 2.44 bits per heavy atom. The molecular formula is C9H12N2O5. The SMILES string of the molecule is COc1c(C(=O)O)cn(CCN)c1C(=O)O. The summed E-state index contributed by atoms with van der Waals surface area (Å²) >= 11 is 0. The van der Waals surface area contributed by atoms with Gasteiger partial charge in [-0.05, 0) is 0 Å². The molecule has 7 heteroatoms. The molecule has 1 aromatic rings. The van der Waals surface area contributed by atoms with Crippen molar-refractivity contribution < 1.29 is 24.5 Å². The molecule has 0 amide bonds. The summed E-state index contributed by atoms with van der Waals surface area (Å²) < 4.78 is 6.06. The lowest BCUT2D eigenvalue weighted by Crippen LogP contribution is -2.14. The highest BCUT2D eigenvalue weighted by atomic mass is 16.5. The zero-order valence-electron chi connectivity index (χ0n) is 8.64. The molecule has 1 heterocycles. The van der Waals surface area contributed by atoms with Crippen molar-refractivity contribution in [3.05, 3.63) is 17.5 Å². The second-order valence-electron chi connectivity index (χ2n) is 3.02. The number of aromatic nitrogens is 1. The van der Waals surface area contributed by atoms with Gasteiger partial charge in [-0.25, -0.2) is 9.59 Å². The Morgan fingerprint density at radius 1 is 1.44 bits per heavy atom. The molecule has 16 heavy (non-hydrogen) atoms. The van der Waals surface area contributed by atoms with Crippen LogP contribution >= 0.6 is 0 Å². The Bertz CT molecular complexity index is 424. The van der Waals surface area contributed by atoms with Crippen molar-refractivity contribution in [2.24, 2.45) is 5.73 Å². The summed E-state index contributed by atoms with van der Waals surface area (Å²) in [5, 5.41) is 17.8. The summed E-state index contributed by atoms with van der Waals surface area (Å²) in [5.74, 6) is -2.65. The van der Waals surface area contributed by atoms with E-state index in [1.54, 1.807) is 0 Å². The minimum Gasteiger partial charge on any atom is -0.493 e. The van der Waals surface area contributed by atoms with E-state index in [0.717, 1.165) is 0 Å². The Morgan fingerprint density at radius 2 is 2.06 bits per heavy atom. The summed E-state index contributed by atoms with van der Waals surface area (Å²) in [7, 11) is 1.22. The number of carboxylic acid groups (broad SMARTS) is 2. The molecule has 0 aliphatic rings. The summed E-state index contributed by atoms with van der Waals surface area (Å²) in [6.07, 6.45) is 1.21. The van der Waals surface area contributed by atoms with Crippen LogP contribution in [0.5, 0.6) is 5.75 Å². The Labute approximate surface area is 91.0 Å². The summed E-state index contributed by atoms with van der Waals surface area (Å²) in [5.41, 5.74) is 4.91. The highest BCUT2D eigenvalue weighted by Gasteiger charge is 2.25. The first-order chi connectivity index (χ1) is 7.52. The van der Waals surface area contributed by atoms with Crippen LogP contribution in [0.1, 0.15) is 20.8 Å². The molecule has 0 unspecified atom stereocenters. The van der Waals surface area contributed by atoms with Crippen LogP contribution in [0.2, 0.25) is 0 Å². The van der Waals surface area contributed by atoms with Gasteiger partial charge in [0.25, 0.3) is 0 Å². The number of ether oxygens (including phenoxy) is 1. The number of hydrogen-bond acceptors (Lipinski definition) is 4. The topological polar surface area (TPSA) is 115 Å². The molecule has 0 spiro atoms. The second-order valence-corrected chi connectivity index (χ2v) is 3.02. The van der Waals surface area contributed by atoms with Gasteiger partial charge < -0.3 is 25.3 Å². The first-order valence-corrected chi connectivity index (χ1v) is 4.46. The van der Waals surface area contributed by atoms with Crippen molar-refractivity contribution in [3.8, 4) is 5.75 Å². The molecule has 0 bridgehead atoms. The van der Waals surface area contributed by atoms with E-state index in [0.29, 0.717) is 0 Å². The highest BCUT2D eigenvalue weighted by Crippen LogP contribution is 2.26. The van der Waals surface area contributed by atoms with Crippen LogP contribution in [0.15, 0.2) is 6.20 Å². The average Bonchev–Trinajstić information content (AvgIpc) is 2.57. The zero-order valence-corrected chi connectivity index (χ0v) is 8.64. The van der Waals surface area contributed by atoms with E-state index in [1.165, 1.54) is 17.9 Å². The minimum absolute atomic E-state index is 0.159. The lowest BCUT2D eigenvalue weighted by atomic mass is 10.3. The van der Waals surface area contributed by atoms with Gasteiger partial charge in [-0.1, -0.05) is 0 Å². The molecule has 0 saturated heterocycles. The first kappa shape index (κ1) is 12.1. The van der Waals surface area contributed by atoms with Crippen molar-refractivity contribution >= 4 is 11.9 Å². The second kappa shape index (κ2) is 4.67. The Balaban J connectivity index is 3.39. The van der Waals surface area contributed by atoms with E-state index in [-0.39, 0.29) is 30.1 Å². The molecule has 88 valence electrons. The van der Waals surface area contributed by atoms with Crippen molar-refractivity contribution in [3.63, 3.8) is 0 Å². The molecule has 0 fully saturated rings. The number of aromatic carboxylic acids is 2. The van der Waals surface area contributed by atoms with Gasteiger partial charge >= 0.3 is 11.9 Å². The smallest absolute Gasteiger partial charge is 0.356 e. The molecule has 1 aromatic heterocycles. The maximum absolute atomic E-state index is 11.0. The van der Waals surface area contributed by atoms with Crippen LogP contribution in [0.4, 0.5) is 0 Å². The molecule has 0 radical (unpaired) electrons. The Kier molecular flexibility index (Phi) is 3.51. The van der Waals surface area contributed by atoms with Gasteiger partial charge in [-0.15, -0.1) is 0 Å². The quantitative estimate of drug-likeness (QED) is 0.645. The van der Waals surface area contributed by atoms with Crippen molar-refractivity contribution in [2.45, 2.75) is 6.54 Å². The predicted molar refractivity (Wildman–Crippen MR) is 54.0 cm³/mol. The Hall–Kier alpha value is -2.02. The maximum atomic E-state index is 11.0. The first-order valence-electron chi connectivity index (χ1n) is 4.46. The molecule has 0 aliphatic carbocycles. The van der Waals surface area contributed by atoms with E-state index in [9.17, 15) is 9.59 Å². The number of methoxy groups -OCH3 is 1. The van der Waals surface area contributed by atoms with Crippen LogP contribution in [0, 0.1) is 0 Å². The third kappa shape index (κ3) is 1.98. The van der Waals surface area contributed by atoms with Crippen molar-refractivity contribution in [2.75, 3.05) is 13.7 Å². The number of nitrogens with two attached hydrogens (primary N) is 1. The fraction of sp³-hybridized carbons (Fsp3) is 0.333. The van der Waals surface area contributed by atoms with E-state index >= 15 is 0 Å². The van der Waals surface area contributed by atoms with Crippen LogP contribution < -0.4 is 10.5 Å². The lowest BCUT2D eigenvalue weighted by Gasteiger charge is -2.04. The molecule has 4 N–H and O–H groups in total. The van der Waals surface area contributed by atoms with Gasteiger partial charge in [-0.3, -0.25) is 0 Å². The van der Waals surface area contributed by atoms with Crippen molar-refractivity contribution in [1.29, 1.82) is 0 Å². The predicted octanol–water partition coefficient (Wildman–Crippen LogP) is -0.148. The fourth-order valence-electron chi connectivity index (χ4n) is 1.43. The molecule has 1 rings (SSSR count). The standard InChI is InChI=1S/C9H12N2O5/c1-16-7-5(8(12)13)4-11(3-2-10)6(7)9(14)15/h4H,2-3,10H2,1H3,(H,12,13)(H,14,15). The van der Waals surface area contributed by atoms with Crippen LogP contribution in [0.3, 0.4) is 0 Å². The number of nitrogens with zero attached hydrogens (tertiary/aromatic N) is 1. The summed E-state index contributed by atoms with van der Waals surface area (Å²) in [6, 6.07) is 0. The molecule has 0 aliphatic heterocycles. The molecule has 0 aromatic carbocycles. The fourth-order valence-corrected chi connectivity index (χ4v) is 1.43. The molecular weight excluding hydrogens is 216 g/mol. The third-order valence-corrected chi connectivity index (χ3v) is 2.04.